The molecule has 1 amide bonds. The van der Waals surface area contributed by atoms with Crippen LogP contribution in [0.5, 0.6) is 0 Å². The van der Waals surface area contributed by atoms with Crippen LogP contribution in [0.4, 0.5) is 0 Å². The van der Waals surface area contributed by atoms with Crippen molar-refractivity contribution in [2.75, 3.05) is 32.4 Å². The Bertz CT molecular complexity index is 491. The summed E-state index contributed by atoms with van der Waals surface area (Å²) in [7, 11) is -3.13. The summed E-state index contributed by atoms with van der Waals surface area (Å²) >= 11 is 0. The fraction of sp³-hybridized carbons (Fsp3) is 0.929. The maximum absolute atomic E-state index is 12.7. The molecule has 1 aliphatic heterocycles. The van der Waals surface area contributed by atoms with Gasteiger partial charge in [-0.2, -0.15) is 0 Å². The molecule has 20 heavy (non-hydrogen) atoms. The average molecular weight is 300 g/mol. The largest absolute Gasteiger partial charge is 0.341 e. The Hall–Kier alpha value is -0.620. The Morgan fingerprint density at radius 1 is 1.05 bits per heavy atom. The van der Waals surface area contributed by atoms with Gasteiger partial charge in [-0.1, -0.05) is 6.42 Å². The first-order valence-corrected chi connectivity index (χ1v) is 9.54. The topological polar surface area (TPSA) is 57.7 Å². The number of sulfonamides is 1. The zero-order chi connectivity index (χ0) is 14.3. The van der Waals surface area contributed by atoms with Crippen LogP contribution in [0.1, 0.15) is 32.1 Å². The molecule has 114 valence electrons. The highest BCUT2D eigenvalue weighted by Gasteiger charge is 2.44. The highest BCUT2D eigenvalue weighted by molar-refractivity contribution is 7.88. The minimum Gasteiger partial charge on any atom is -0.341 e. The van der Waals surface area contributed by atoms with Crippen LogP contribution in [0.15, 0.2) is 0 Å². The molecule has 6 heteroatoms. The molecule has 0 spiro atoms. The van der Waals surface area contributed by atoms with Gasteiger partial charge >= 0.3 is 0 Å². The number of carbonyl (C=O) groups excluding carboxylic acids is 1. The van der Waals surface area contributed by atoms with Gasteiger partial charge in [0.2, 0.25) is 15.9 Å². The number of carbonyl (C=O) groups is 1. The van der Waals surface area contributed by atoms with Crippen molar-refractivity contribution >= 4 is 15.9 Å². The minimum absolute atomic E-state index is 0.221. The number of nitrogens with zero attached hydrogens (tertiary/aromatic N) is 2. The summed E-state index contributed by atoms with van der Waals surface area (Å²) in [4.78, 5) is 14.6. The van der Waals surface area contributed by atoms with Crippen LogP contribution in [-0.4, -0.2) is 56.0 Å². The van der Waals surface area contributed by atoms with E-state index in [2.05, 4.69) is 0 Å². The first-order valence-electron chi connectivity index (χ1n) is 7.69. The maximum Gasteiger partial charge on any atom is 0.226 e. The van der Waals surface area contributed by atoms with E-state index in [1.807, 2.05) is 4.90 Å². The minimum atomic E-state index is -3.13. The Labute approximate surface area is 121 Å². The van der Waals surface area contributed by atoms with E-state index < -0.39 is 10.0 Å². The molecule has 1 heterocycles. The molecule has 3 unspecified atom stereocenters. The SMILES string of the molecule is CS(=O)(=O)N1CCCN(C(=O)C2CC3CCC2C3)CC1. The van der Waals surface area contributed by atoms with Crippen molar-refractivity contribution in [2.45, 2.75) is 32.1 Å². The molecule has 1 saturated heterocycles. The molecule has 0 N–H and O–H groups in total. The highest BCUT2D eigenvalue weighted by atomic mass is 32.2. The smallest absolute Gasteiger partial charge is 0.226 e. The van der Waals surface area contributed by atoms with Gasteiger partial charge in [-0.15, -0.1) is 0 Å². The van der Waals surface area contributed by atoms with Crippen LogP contribution in [-0.2, 0) is 14.8 Å². The summed E-state index contributed by atoms with van der Waals surface area (Å²) in [5.41, 5.74) is 0. The molecule has 2 aliphatic carbocycles. The Morgan fingerprint density at radius 3 is 2.45 bits per heavy atom. The zero-order valence-electron chi connectivity index (χ0n) is 12.1. The number of fused-ring (bicyclic) bond motifs is 2. The van der Waals surface area contributed by atoms with Gasteiger partial charge in [0.05, 0.1) is 6.26 Å². The van der Waals surface area contributed by atoms with Gasteiger partial charge < -0.3 is 4.90 Å². The van der Waals surface area contributed by atoms with E-state index in [4.69, 9.17) is 0 Å². The molecule has 3 fully saturated rings. The van der Waals surface area contributed by atoms with E-state index in [0.717, 1.165) is 18.8 Å². The number of rotatable bonds is 2. The molecule has 2 bridgehead atoms. The Balaban J connectivity index is 1.62. The van der Waals surface area contributed by atoms with Gasteiger partial charge in [-0.05, 0) is 37.5 Å². The van der Waals surface area contributed by atoms with Crippen molar-refractivity contribution in [1.29, 1.82) is 0 Å². The van der Waals surface area contributed by atoms with Gasteiger partial charge in [0.1, 0.15) is 0 Å². The van der Waals surface area contributed by atoms with Gasteiger partial charge in [0.15, 0.2) is 0 Å². The zero-order valence-corrected chi connectivity index (χ0v) is 12.9. The summed E-state index contributed by atoms with van der Waals surface area (Å²) in [6, 6.07) is 0. The van der Waals surface area contributed by atoms with Crippen LogP contribution in [0.3, 0.4) is 0 Å². The first kappa shape index (κ1) is 14.3. The van der Waals surface area contributed by atoms with Crippen LogP contribution in [0, 0.1) is 17.8 Å². The van der Waals surface area contributed by atoms with Gasteiger partial charge in [-0.3, -0.25) is 4.79 Å². The lowest BCUT2D eigenvalue weighted by atomic mass is 9.87. The second-order valence-electron chi connectivity index (χ2n) is 6.62. The van der Waals surface area contributed by atoms with Crippen LogP contribution in [0.2, 0.25) is 0 Å². The molecule has 3 aliphatic rings. The number of hydrogen-bond acceptors (Lipinski definition) is 3. The predicted molar refractivity (Wildman–Crippen MR) is 76.6 cm³/mol. The Morgan fingerprint density at radius 2 is 1.85 bits per heavy atom. The van der Waals surface area contributed by atoms with Crippen molar-refractivity contribution < 1.29 is 13.2 Å². The van der Waals surface area contributed by atoms with Gasteiger partial charge in [0.25, 0.3) is 0 Å². The van der Waals surface area contributed by atoms with Crippen molar-refractivity contribution in [3.63, 3.8) is 0 Å². The number of amides is 1. The second-order valence-corrected chi connectivity index (χ2v) is 8.60. The fourth-order valence-electron chi connectivity index (χ4n) is 4.23. The first-order chi connectivity index (χ1) is 9.45. The van der Waals surface area contributed by atoms with E-state index in [-0.39, 0.29) is 11.8 Å². The average Bonchev–Trinajstić information content (AvgIpc) is 2.91. The summed E-state index contributed by atoms with van der Waals surface area (Å²) in [6.45, 7) is 2.25. The van der Waals surface area contributed by atoms with Crippen molar-refractivity contribution in [2.24, 2.45) is 17.8 Å². The van der Waals surface area contributed by atoms with E-state index >= 15 is 0 Å². The molecule has 3 atom stereocenters. The maximum atomic E-state index is 12.7. The van der Waals surface area contributed by atoms with E-state index in [1.54, 1.807) is 0 Å². The van der Waals surface area contributed by atoms with E-state index in [1.165, 1.54) is 29.8 Å². The normalized spacial score (nSPS) is 35.2. The van der Waals surface area contributed by atoms with Gasteiger partial charge in [0, 0.05) is 32.1 Å². The molecule has 0 radical (unpaired) electrons. The van der Waals surface area contributed by atoms with Crippen LogP contribution in [0.25, 0.3) is 0 Å². The van der Waals surface area contributed by atoms with Gasteiger partial charge in [-0.25, -0.2) is 12.7 Å². The predicted octanol–water partition coefficient (Wildman–Crippen LogP) is 0.916. The third-order valence-electron chi connectivity index (χ3n) is 5.29. The summed E-state index contributed by atoms with van der Waals surface area (Å²) in [5, 5.41) is 0. The van der Waals surface area contributed by atoms with Crippen molar-refractivity contribution in [3.8, 4) is 0 Å². The molecular formula is C14H24N2O3S. The van der Waals surface area contributed by atoms with Crippen LogP contribution >= 0.6 is 0 Å². The standard InChI is InChI=1S/C14H24N2O3S/c1-20(18,19)16-6-2-5-15(7-8-16)14(17)13-10-11-3-4-12(13)9-11/h11-13H,2-10H2,1H3. The third kappa shape index (κ3) is 2.72. The quantitative estimate of drug-likeness (QED) is 0.762. The van der Waals surface area contributed by atoms with Crippen molar-refractivity contribution in [1.82, 2.24) is 9.21 Å². The van der Waals surface area contributed by atoms with E-state index in [9.17, 15) is 13.2 Å². The van der Waals surface area contributed by atoms with Crippen molar-refractivity contribution in [3.05, 3.63) is 0 Å². The molecule has 0 aromatic carbocycles. The summed E-state index contributed by atoms with van der Waals surface area (Å²) in [5.74, 6) is 1.88. The molecule has 3 rings (SSSR count). The highest BCUT2D eigenvalue weighted by Crippen LogP contribution is 2.48. The fourth-order valence-corrected chi connectivity index (χ4v) is 5.10. The van der Waals surface area contributed by atoms with Crippen LogP contribution < -0.4 is 0 Å². The molecule has 5 nitrogen and oxygen atoms in total. The lowest BCUT2D eigenvalue weighted by molar-refractivity contribution is -0.137. The third-order valence-corrected chi connectivity index (χ3v) is 6.59. The summed E-state index contributed by atoms with van der Waals surface area (Å²) < 4.78 is 24.7. The number of hydrogen-bond donors (Lipinski definition) is 0. The summed E-state index contributed by atoms with van der Waals surface area (Å²) in [6.07, 6.45) is 6.82. The lowest BCUT2D eigenvalue weighted by Gasteiger charge is -2.28. The molecule has 0 aromatic heterocycles. The molecular weight excluding hydrogens is 276 g/mol. The molecule has 0 aromatic rings. The second kappa shape index (κ2) is 5.30. The Kier molecular flexibility index (Phi) is 3.79. The van der Waals surface area contributed by atoms with E-state index in [0.29, 0.717) is 32.1 Å². The monoisotopic (exact) mass is 300 g/mol. The molecule has 2 saturated carbocycles. The lowest BCUT2D eigenvalue weighted by Crippen LogP contribution is -2.41.